The Balaban J connectivity index is 5.57. The van der Waals surface area contributed by atoms with Gasteiger partial charge in [0.05, 0.1) is 18.5 Å². The van der Waals surface area contributed by atoms with Crippen molar-refractivity contribution in [1.82, 2.24) is 4.90 Å². The Kier molecular flexibility index (Phi) is 8.17. The molecular weight excluding hydrogens is 289 g/mol. The largest absolute Gasteiger partial charge is 0.372 e. The lowest BCUT2D eigenvalue weighted by molar-refractivity contribution is 0.132. The molecular formula is C14H28N3O3P. The number of aliphatic imine (C=N–C) groups is 1. The third-order valence-electron chi connectivity index (χ3n) is 2.73. The van der Waals surface area contributed by atoms with Gasteiger partial charge in [0.15, 0.2) is 0 Å². The minimum atomic E-state index is -3.72. The molecule has 0 heterocycles. The van der Waals surface area contributed by atoms with E-state index in [4.69, 9.17) is 9.05 Å². The van der Waals surface area contributed by atoms with E-state index in [0.717, 1.165) is 13.1 Å². The van der Waals surface area contributed by atoms with Crippen molar-refractivity contribution in [3.63, 3.8) is 0 Å². The summed E-state index contributed by atoms with van der Waals surface area (Å²) in [5, 5.41) is 7.93. The first-order valence-electron chi connectivity index (χ1n) is 7.31. The van der Waals surface area contributed by atoms with Crippen LogP contribution in [0.15, 0.2) is 4.99 Å². The van der Waals surface area contributed by atoms with E-state index >= 15 is 0 Å². The second kappa shape index (κ2) is 8.53. The molecule has 0 aromatic heterocycles. The van der Waals surface area contributed by atoms with Gasteiger partial charge in [-0.2, -0.15) is 5.26 Å². The monoisotopic (exact) mass is 317 g/mol. The number of nitrogens with zero attached hydrogens (tertiary/aromatic N) is 3. The molecule has 0 aliphatic heterocycles. The highest BCUT2D eigenvalue weighted by molar-refractivity contribution is 7.56. The van der Waals surface area contributed by atoms with Crippen LogP contribution in [0.25, 0.3) is 0 Å². The molecule has 6 nitrogen and oxygen atoms in total. The zero-order valence-corrected chi connectivity index (χ0v) is 15.1. The minimum absolute atomic E-state index is 0.328. The molecule has 7 heteroatoms. The molecule has 0 spiro atoms. The molecule has 0 radical (unpaired) electrons. The van der Waals surface area contributed by atoms with Crippen molar-refractivity contribution in [2.45, 2.75) is 66.0 Å². The average Bonchev–Trinajstić information content (AvgIpc) is 2.37. The van der Waals surface area contributed by atoms with Gasteiger partial charge >= 0.3 is 7.60 Å². The molecule has 1 unspecified atom stereocenters. The van der Waals surface area contributed by atoms with Crippen LogP contribution in [0.2, 0.25) is 0 Å². The Bertz CT molecular complexity index is 414. The van der Waals surface area contributed by atoms with Gasteiger partial charge in [0.2, 0.25) is 5.28 Å². The fraction of sp³-hybridized carbons (Fsp3) is 0.857. The van der Waals surface area contributed by atoms with Crippen LogP contribution in [0.5, 0.6) is 0 Å². The summed E-state index contributed by atoms with van der Waals surface area (Å²) < 4.78 is 24.0. The van der Waals surface area contributed by atoms with Gasteiger partial charge in [0, 0.05) is 13.1 Å². The van der Waals surface area contributed by atoms with Gasteiger partial charge < -0.3 is 13.9 Å². The van der Waals surface area contributed by atoms with Crippen LogP contribution in [-0.4, -0.2) is 41.8 Å². The van der Waals surface area contributed by atoms with Gasteiger partial charge in [-0.15, -0.1) is 0 Å². The van der Waals surface area contributed by atoms with Crippen molar-refractivity contribution in [3.8, 4) is 6.07 Å². The lowest BCUT2D eigenvalue weighted by atomic mass is 10.4. The normalized spacial score (nSPS) is 15.4. The van der Waals surface area contributed by atoms with Gasteiger partial charge in [-0.3, -0.25) is 4.57 Å². The quantitative estimate of drug-likeness (QED) is 0.369. The van der Waals surface area contributed by atoms with Crippen LogP contribution in [0.4, 0.5) is 0 Å². The van der Waals surface area contributed by atoms with Crippen molar-refractivity contribution in [2.24, 2.45) is 4.99 Å². The Morgan fingerprint density at radius 3 is 1.95 bits per heavy atom. The number of rotatable bonds is 9. The summed E-state index contributed by atoms with van der Waals surface area (Å²) in [5.41, 5.74) is 0. The predicted octanol–water partition coefficient (Wildman–Crippen LogP) is 3.64. The Morgan fingerprint density at radius 1 is 1.24 bits per heavy atom. The first kappa shape index (κ1) is 20.1. The lowest BCUT2D eigenvalue weighted by Gasteiger charge is -2.31. The molecule has 0 amide bonds. The molecule has 0 aliphatic carbocycles. The Morgan fingerprint density at radius 2 is 1.67 bits per heavy atom. The third-order valence-corrected chi connectivity index (χ3v) is 5.41. The summed E-state index contributed by atoms with van der Waals surface area (Å²) in [7, 11) is -3.72. The van der Waals surface area contributed by atoms with Crippen LogP contribution >= 0.6 is 7.60 Å². The second-order valence-electron chi connectivity index (χ2n) is 5.40. The zero-order chi connectivity index (χ0) is 16.7. The van der Waals surface area contributed by atoms with E-state index in [9.17, 15) is 9.83 Å². The van der Waals surface area contributed by atoms with Gasteiger partial charge in [0.1, 0.15) is 6.07 Å². The molecule has 1 atom stereocenters. The molecule has 0 rings (SSSR count). The summed E-state index contributed by atoms with van der Waals surface area (Å²) in [6.45, 7) is 14.0. The molecule has 0 aromatic carbocycles. The van der Waals surface area contributed by atoms with E-state index in [-0.39, 0.29) is 12.2 Å². The van der Waals surface area contributed by atoms with Crippen molar-refractivity contribution in [1.29, 1.82) is 5.26 Å². The average molecular weight is 317 g/mol. The Labute approximate surface area is 128 Å². The van der Waals surface area contributed by atoms with E-state index in [1.54, 1.807) is 34.0 Å². The van der Waals surface area contributed by atoms with Crippen molar-refractivity contribution in [3.05, 3.63) is 0 Å². The van der Waals surface area contributed by atoms with Crippen molar-refractivity contribution >= 4 is 13.9 Å². The molecule has 0 saturated carbocycles. The molecule has 0 fully saturated rings. The van der Waals surface area contributed by atoms with Crippen molar-refractivity contribution in [2.75, 3.05) is 13.1 Å². The summed E-state index contributed by atoms with van der Waals surface area (Å²) in [5.74, 6) is 0. The molecule has 0 bridgehead atoms. The highest BCUT2D eigenvalue weighted by atomic mass is 31.2. The minimum Gasteiger partial charge on any atom is -0.363 e. The summed E-state index contributed by atoms with van der Waals surface area (Å²) >= 11 is 0. The smallest absolute Gasteiger partial charge is 0.363 e. The van der Waals surface area contributed by atoms with Crippen LogP contribution in [-0.2, 0) is 13.6 Å². The maximum Gasteiger partial charge on any atom is 0.372 e. The van der Waals surface area contributed by atoms with Crippen LogP contribution in [0.1, 0.15) is 48.5 Å². The topological polar surface area (TPSA) is 74.9 Å². The van der Waals surface area contributed by atoms with E-state index in [2.05, 4.69) is 4.99 Å². The van der Waals surface area contributed by atoms with Gasteiger partial charge in [-0.25, -0.2) is 4.99 Å². The summed E-state index contributed by atoms with van der Waals surface area (Å²) in [6, 6.07) is 2.00. The zero-order valence-electron chi connectivity index (χ0n) is 14.2. The SMILES string of the molecule is CCN(/C=N/C(C)(C#N)P(=O)(OC(C)C)OC(C)C)CC. The van der Waals surface area contributed by atoms with Crippen LogP contribution in [0, 0.1) is 11.3 Å². The number of hydrogen-bond acceptors (Lipinski definition) is 5. The first-order chi connectivity index (χ1) is 9.64. The van der Waals surface area contributed by atoms with E-state index < -0.39 is 12.9 Å². The maximum atomic E-state index is 13.1. The van der Waals surface area contributed by atoms with E-state index in [1.807, 2.05) is 24.8 Å². The van der Waals surface area contributed by atoms with E-state index in [1.165, 1.54) is 6.92 Å². The van der Waals surface area contributed by atoms with Crippen LogP contribution < -0.4 is 0 Å². The highest BCUT2D eigenvalue weighted by Crippen LogP contribution is 2.61. The van der Waals surface area contributed by atoms with Gasteiger partial charge in [-0.1, -0.05) is 0 Å². The predicted molar refractivity (Wildman–Crippen MR) is 85.5 cm³/mol. The first-order valence-corrected chi connectivity index (χ1v) is 8.86. The molecule has 122 valence electrons. The second-order valence-corrected chi connectivity index (χ2v) is 7.69. The fourth-order valence-corrected chi connectivity index (χ4v) is 3.41. The summed E-state index contributed by atoms with van der Waals surface area (Å²) in [6.07, 6.45) is 0.889. The Hall–Kier alpha value is -0.890. The molecule has 21 heavy (non-hydrogen) atoms. The molecule has 0 saturated heterocycles. The standard InChI is InChI=1S/C14H28N3O3P/c1-8-17(9-2)11-16-14(7,10-15)21(18,19-12(3)4)20-13(5)6/h11-13H,8-9H2,1-7H3/b16-11+. The highest BCUT2D eigenvalue weighted by Gasteiger charge is 2.49. The lowest BCUT2D eigenvalue weighted by Crippen LogP contribution is -2.29. The molecule has 0 aliphatic rings. The summed E-state index contributed by atoms with van der Waals surface area (Å²) in [4.78, 5) is 6.13. The van der Waals surface area contributed by atoms with Gasteiger partial charge in [-0.05, 0) is 48.5 Å². The maximum absolute atomic E-state index is 13.1. The third kappa shape index (κ3) is 5.78. The number of nitriles is 1. The van der Waals surface area contributed by atoms with Crippen LogP contribution in [0.3, 0.4) is 0 Å². The van der Waals surface area contributed by atoms with E-state index in [0.29, 0.717) is 0 Å². The van der Waals surface area contributed by atoms with Crippen molar-refractivity contribution < 1.29 is 13.6 Å². The fourth-order valence-electron chi connectivity index (χ4n) is 1.53. The molecule has 0 aromatic rings. The number of hydrogen-bond donors (Lipinski definition) is 0. The van der Waals surface area contributed by atoms with Gasteiger partial charge in [0.25, 0.3) is 0 Å². The molecule has 0 N–H and O–H groups in total.